The maximum Gasteiger partial charge on any atom is 0.307 e. The van der Waals surface area contributed by atoms with Crippen LogP contribution in [0.2, 0.25) is 5.02 Å². The SMILES string of the molecule is COC(=O)CCNC(=O)c1cc(Cl)c2ccccc2n1. The Morgan fingerprint density at radius 3 is 2.85 bits per heavy atom. The lowest BCUT2D eigenvalue weighted by Gasteiger charge is -2.06. The predicted octanol–water partition coefficient (Wildman–Crippen LogP) is 2.18. The molecule has 104 valence electrons. The molecule has 1 aromatic heterocycles. The Morgan fingerprint density at radius 2 is 2.10 bits per heavy atom. The van der Waals surface area contributed by atoms with Crippen LogP contribution in [-0.4, -0.2) is 30.5 Å². The Bertz CT molecular complexity index is 658. The first-order valence-corrected chi connectivity index (χ1v) is 6.40. The number of carbonyl (C=O) groups excluding carboxylic acids is 2. The van der Waals surface area contributed by atoms with Crippen molar-refractivity contribution in [2.75, 3.05) is 13.7 Å². The Hall–Kier alpha value is -2.14. The summed E-state index contributed by atoms with van der Waals surface area (Å²) in [6, 6.07) is 8.81. The van der Waals surface area contributed by atoms with Crippen LogP contribution >= 0.6 is 11.6 Å². The van der Waals surface area contributed by atoms with Gasteiger partial charge in [-0.1, -0.05) is 29.8 Å². The Labute approximate surface area is 120 Å². The topological polar surface area (TPSA) is 68.3 Å². The van der Waals surface area contributed by atoms with Crippen molar-refractivity contribution >= 4 is 34.4 Å². The first-order valence-electron chi connectivity index (χ1n) is 6.02. The van der Waals surface area contributed by atoms with Gasteiger partial charge in [-0.25, -0.2) is 4.98 Å². The van der Waals surface area contributed by atoms with Crippen molar-refractivity contribution in [3.63, 3.8) is 0 Å². The van der Waals surface area contributed by atoms with Crippen LogP contribution in [0.3, 0.4) is 0 Å². The van der Waals surface area contributed by atoms with Crippen molar-refractivity contribution < 1.29 is 14.3 Å². The van der Waals surface area contributed by atoms with Crippen LogP contribution in [0.15, 0.2) is 30.3 Å². The highest BCUT2D eigenvalue weighted by molar-refractivity contribution is 6.35. The minimum Gasteiger partial charge on any atom is -0.469 e. The van der Waals surface area contributed by atoms with E-state index in [4.69, 9.17) is 11.6 Å². The third-order valence-corrected chi connectivity index (χ3v) is 3.05. The van der Waals surface area contributed by atoms with Crippen LogP contribution < -0.4 is 5.32 Å². The maximum absolute atomic E-state index is 11.9. The first kappa shape index (κ1) is 14.3. The summed E-state index contributed by atoms with van der Waals surface area (Å²) < 4.78 is 4.49. The second-order valence-corrected chi connectivity index (χ2v) is 4.50. The number of aromatic nitrogens is 1. The van der Waals surface area contributed by atoms with Crippen molar-refractivity contribution in [2.24, 2.45) is 0 Å². The average molecular weight is 293 g/mol. The molecule has 0 radical (unpaired) electrons. The second-order valence-electron chi connectivity index (χ2n) is 4.09. The number of para-hydroxylation sites is 1. The molecule has 0 bridgehead atoms. The van der Waals surface area contributed by atoms with Crippen molar-refractivity contribution in [1.82, 2.24) is 10.3 Å². The maximum atomic E-state index is 11.9. The van der Waals surface area contributed by atoms with Gasteiger partial charge in [-0.15, -0.1) is 0 Å². The van der Waals surface area contributed by atoms with E-state index in [0.29, 0.717) is 10.5 Å². The lowest BCUT2D eigenvalue weighted by Crippen LogP contribution is -2.27. The molecule has 1 heterocycles. The molecule has 0 spiro atoms. The molecule has 2 aromatic rings. The number of nitrogens with zero attached hydrogens (tertiary/aromatic N) is 1. The van der Waals surface area contributed by atoms with E-state index in [-0.39, 0.29) is 30.5 Å². The van der Waals surface area contributed by atoms with E-state index >= 15 is 0 Å². The van der Waals surface area contributed by atoms with Gasteiger partial charge in [0, 0.05) is 11.9 Å². The van der Waals surface area contributed by atoms with Gasteiger partial charge >= 0.3 is 5.97 Å². The van der Waals surface area contributed by atoms with E-state index in [2.05, 4.69) is 15.0 Å². The number of benzene rings is 1. The molecule has 0 fully saturated rings. The quantitative estimate of drug-likeness (QED) is 0.877. The highest BCUT2D eigenvalue weighted by Gasteiger charge is 2.11. The summed E-state index contributed by atoms with van der Waals surface area (Å²) in [7, 11) is 1.30. The first-order chi connectivity index (χ1) is 9.61. The molecule has 1 aromatic carbocycles. The van der Waals surface area contributed by atoms with Gasteiger partial charge < -0.3 is 10.1 Å². The van der Waals surface area contributed by atoms with Crippen LogP contribution in [0.1, 0.15) is 16.9 Å². The van der Waals surface area contributed by atoms with E-state index in [1.54, 1.807) is 6.07 Å². The normalized spacial score (nSPS) is 10.3. The van der Waals surface area contributed by atoms with Crippen LogP contribution in [0, 0.1) is 0 Å². The molecule has 0 aliphatic heterocycles. The lowest BCUT2D eigenvalue weighted by molar-refractivity contribution is -0.140. The van der Waals surface area contributed by atoms with Gasteiger partial charge in [-0.05, 0) is 12.1 Å². The standard InChI is InChI=1S/C14H13ClN2O3/c1-20-13(18)6-7-16-14(19)12-8-10(15)9-4-2-3-5-11(9)17-12/h2-5,8H,6-7H2,1H3,(H,16,19). The summed E-state index contributed by atoms with van der Waals surface area (Å²) in [5.41, 5.74) is 0.872. The third kappa shape index (κ3) is 3.24. The third-order valence-electron chi connectivity index (χ3n) is 2.74. The zero-order valence-corrected chi connectivity index (χ0v) is 11.6. The zero-order valence-electron chi connectivity index (χ0n) is 10.9. The van der Waals surface area contributed by atoms with Gasteiger partial charge in [-0.2, -0.15) is 0 Å². The molecule has 1 N–H and O–H groups in total. The Balaban J connectivity index is 2.12. The van der Waals surface area contributed by atoms with E-state index in [1.165, 1.54) is 13.2 Å². The summed E-state index contributed by atoms with van der Waals surface area (Å²) in [5, 5.41) is 3.85. The van der Waals surface area contributed by atoms with Gasteiger partial charge in [0.25, 0.3) is 5.91 Å². The number of halogens is 1. The van der Waals surface area contributed by atoms with Crippen LogP contribution in [0.4, 0.5) is 0 Å². The summed E-state index contributed by atoms with van der Waals surface area (Å²) in [6.45, 7) is 0.192. The highest BCUT2D eigenvalue weighted by Crippen LogP contribution is 2.22. The summed E-state index contributed by atoms with van der Waals surface area (Å²) in [5.74, 6) is -0.753. The molecular formula is C14H13ClN2O3. The molecule has 0 saturated heterocycles. The molecule has 6 heteroatoms. The molecule has 20 heavy (non-hydrogen) atoms. The van der Waals surface area contributed by atoms with Crippen molar-refractivity contribution in [2.45, 2.75) is 6.42 Å². The van der Waals surface area contributed by atoms with Crippen LogP contribution in [-0.2, 0) is 9.53 Å². The Morgan fingerprint density at radius 1 is 1.35 bits per heavy atom. The number of pyridine rings is 1. The second kappa shape index (κ2) is 6.34. The largest absolute Gasteiger partial charge is 0.469 e. The number of fused-ring (bicyclic) bond motifs is 1. The summed E-state index contributed by atoms with van der Waals surface area (Å²) in [6.07, 6.45) is 0.115. The molecule has 1 amide bonds. The van der Waals surface area contributed by atoms with Gasteiger partial charge in [0.05, 0.1) is 24.1 Å². The smallest absolute Gasteiger partial charge is 0.307 e. The molecule has 0 atom stereocenters. The number of ether oxygens (including phenoxy) is 1. The number of esters is 1. The van der Waals surface area contributed by atoms with E-state index in [1.807, 2.05) is 18.2 Å². The molecule has 0 unspecified atom stereocenters. The van der Waals surface area contributed by atoms with Gasteiger partial charge in [0.2, 0.25) is 0 Å². The van der Waals surface area contributed by atoms with Gasteiger partial charge in [0.15, 0.2) is 0 Å². The molecular weight excluding hydrogens is 280 g/mol. The van der Waals surface area contributed by atoms with Crippen molar-refractivity contribution in [3.8, 4) is 0 Å². The van der Waals surface area contributed by atoms with E-state index in [0.717, 1.165) is 5.39 Å². The lowest BCUT2D eigenvalue weighted by atomic mass is 10.2. The molecule has 0 aliphatic rings. The van der Waals surface area contributed by atoms with Crippen LogP contribution in [0.25, 0.3) is 10.9 Å². The minimum atomic E-state index is -0.380. The van der Waals surface area contributed by atoms with Gasteiger partial charge in [0.1, 0.15) is 5.69 Å². The number of hydrogen-bond acceptors (Lipinski definition) is 4. The number of hydrogen-bond donors (Lipinski definition) is 1. The average Bonchev–Trinajstić information content (AvgIpc) is 2.46. The van der Waals surface area contributed by atoms with Crippen molar-refractivity contribution in [3.05, 3.63) is 41.0 Å². The van der Waals surface area contributed by atoms with Crippen molar-refractivity contribution in [1.29, 1.82) is 0 Å². The van der Waals surface area contributed by atoms with Gasteiger partial charge in [-0.3, -0.25) is 9.59 Å². The van der Waals surface area contributed by atoms with Crippen LogP contribution in [0.5, 0.6) is 0 Å². The summed E-state index contributed by atoms with van der Waals surface area (Å²) in [4.78, 5) is 27.1. The Kier molecular flexibility index (Phi) is 4.53. The number of rotatable bonds is 4. The molecule has 5 nitrogen and oxygen atoms in total. The summed E-state index contributed by atoms with van der Waals surface area (Å²) >= 11 is 6.12. The fourth-order valence-electron chi connectivity index (χ4n) is 1.72. The number of nitrogens with one attached hydrogen (secondary N) is 1. The number of carbonyl (C=O) groups is 2. The molecule has 2 rings (SSSR count). The fourth-order valence-corrected chi connectivity index (χ4v) is 1.98. The fraction of sp³-hybridized carbons (Fsp3) is 0.214. The molecule has 0 aliphatic carbocycles. The number of methoxy groups -OCH3 is 1. The number of amides is 1. The minimum absolute atomic E-state index is 0.115. The monoisotopic (exact) mass is 292 g/mol. The van der Waals surface area contributed by atoms with E-state index in [9.17, 15) is 9.59 Å². The predicted molar refractivity (Wildman–Crippen MR) is 75.7 cm³/mol. The highest BCUT2D eigenvalue weighted by atomic mass is 35.5. The van der Waals surface area contributed by atoms with E-state index < -0.39 is 0 Å². The zero-order chi connectivity index (χ0) is 14.5. The molecule has 0 saturated carbocycles.